The van der Waals surface area contributed by atoms with Gasteiger partial charge < -0.3 is 9.15 Å². The second kappa shape index (κ2) is 8.71. The lowest BCUT2D eigenvalue weighted by Crippen LogP contribution is -1.94. The van der Waals surface area contributed by atoms with E-state index in [1.807, 2.05) is 18.2 Å². The van der Waals surface area contributed by atoms with Gasteiger partial charge in [0.1, 0.15) is 23.9 Å². The van der Waals surface area contributed by atoms with Gasteiger partial charge in [0.05, 0.1) is 5.02 Å². The van der Waals surface area contributed by atoms with E-state index in [1.54, 1.807) is 42.5 Å². The van der Waals surface area contributed by atoms with Crippen molar-refractivity contribution in [2.45, 2.75) is 6.61 Å². The summed E-state index contributed by atoms with van der Waals surface area (Å²) in [6, 6.07) is 16.2. The molecule has 0 radical (unpaired) electrons. The molecule has 0 aliphatic carbocycles. The molecule has 0 aliphatic rings. The number of carbonyl (C=O) groups excluding carboxylic acids is 1. The maximum absolute atomic E-state index is 12.1. The van der Waals surface area contributed by atoms with Crippen LogP contribution in [0.15, 0.2) is 74.0 Å². The Morgan fingerprint density at radius 1 is 1.04 bits per heavy atom. The Bertz CT molecular complexity index is 946. The zero-order valence-electron chi connectivity index (χ0n) is 13.4. The Morgan fingerprint density at radius 2 is 1.77 bits per heavy atom. The lowest BCUT2D eigenvalue weighted by molar-refractivity contribution is 0.104. The van der Waals surface area contributed by atoms with Crippen LogP contribution in [-0.4, -0.2) is 5.78 Å². The van der Waals surface area contributed by atoms with Crippen molar-refractivity contribution in [1.82, 2.24) is 0 Å². The molecule has 0 bridgehead atoms. The number of hydrogen-bond acceptors (Lipinski definition) is 3. The monoisotopic (exact) mass is 494 g/mol. The number of halogens is 3. The predicted molar refractivity (Wildman–Crippen MR) is 110 cm³/mol. The fourth-order valence-corrected chi connectivity index (χ4v) is 3.16. The number of benzene rings is 2. The van der Waals surface area contributed by atoms with E-state index in [1.165, 1.54) is 6.08 Å². The molecule has 0 amide bonds. The summed E-state index contributed by atoms with van der Waals surface area (Å²) in [7, 11) is 0. The van der Waals surface area contributed by atoms with Gasteiger partial charge in [-0.05, 0) is 66.7 Å². The minimum atomic E-state index is -0.0895. The van der Waals surface area contributed by atoms with E-state index in [0.29, 0.717) is 27.9 Å². The lowest BCUT2D eigenvalue weighted by atomic mass is 10.1. The van der Waals surface area contributed by atoms with Crippen LogP contribution in [0.5, 0.6) is 5.75 Å². The van der Waals surface area contributed by atoms with Crippen LogP contribution in [0.1, 0.15) is 21.9 Å². The minimum absolute atomic E-state index is 0.0895. The first-order valence-corrected chi connectivity index (χ1v) is 9.62. The maximum atomic E-state index is 12.1. The van der Waals surface area contributed by atoms with Crippen molar-refractivity contribution in [3.05, 3.63) is 91.7 Å². The number of ketones is 1. The third kappa shape index (κ3) is 5.10. The van der Waals surface area contributed by atoms with E-state index in [2.05, 4.69) is 31.9 Å². The SMILES string of the molecule is O=C(/C=C/c1ccc(COc2ccc(Br)cc2Cl)o1)c1ccc(Br)cc1. The molecule has 6 heteroatoms. The number of hydrogen-bond donors (Lipinski definition) is 0. The number of furan rings is 1. The number of carbonyl (C=O) groups is 1. The quantitative estimate of drug-likeness (QED) is 0.274. The van der Waals surface area contributed by atoms with E-state index in [9.17, 15) is 4.79 Å². The van der Waals surface area contributed by atoms with Crippen molar-refractivity contribution in [3.63, 3.8) is 0 Å². The first kappa shape index (κ1) is 19.0. The Labute approximate surface area is 172 Å². The molecule has 3 nitrogen and oxygen atoms in total. The Balaban J connectivity index is 1.60. The summed E-state index contributed by atoms with van der Waals surface area (Å²) in [5.74, 6) is 1.71. The zero-order chi connectivity index (χ0) is 18.5. The molecular weight excluding hydrogens is 483 g/mol. The summed E-state index contributed by atoms with van der Waals surface area (Å²) in [4.78, 5) is 12.1. The Hall–Kier alpha value is -1.82. The van der Waals surface area contributed by atoms with Crippen molar-refractivity contribution in [2.75, 3.05) is 0 Å². The summed E-state index contributed by atoms with van der Waals surface area (Å²) in [5.41, 5.74) is 0.615. The second-order valence-corrected chi connectivity index (χ2v) is 7.61. The fraction of sp³-hybridized carbons (Fsp3) is 0.0500. The number of ether oxygens (including phenoxy) is 1. The normalized spacial score (nSPS) is 11.0. The molecule has 0 spiro atoms. The van der Waals surface area contributed by atoms with Gasteiger partial charge >= 0.3 is 0 Å². The number of allylic oxidation sites excluding steroid dienone is 1. The lowest BCUT2D eigenvalue weighted by Gasteiger charge is -2.06. The summed E-state index contributed by atoms with van der Waals surface area (Å²) >= 11 is 12.8. The highest BCUT2D eigenvalue weighted by Crippen LogP contribution is 2.28. The largest absolute Gasteiger partial charge is 0.484 e. The van der Waals surface area contributed by atoms with E-state index < -0.39 is 0 Å². The maximum Gasteiger partial charge on any atom is 0.185 e. The standard InChI is InChI=1S/C20H13Br2ClO3/c21-14-3-1-13(2-4-14)19(24)9-8-16-6-7-17(26-16)12-25-20-10-5-15(22)11-18(20)23/h1-11H,12H2/b9-8+. The molecule has 0 aliphatic heterocycles. The van der Waals surface area contributed by atoms with Crippen LogP contribution in [0.25, 0.3) is 6.08 Å². The zero-order valence-corrected chi connectivity index (χ0v) is 17.3. The molecule has 0 fully saturated rings. The highest BCUT2D eigenvalue weighted by atomic mass is 79.9. The molecule has 0 N–H and O–H groups in total. The summed E-state index contributed by atoms with van der Waals surface area (Å²) in [6.07, 6.45) is 3.12. The first-order valence-electron chi connectivity index (χ1n) is 7.66. The molecule has 0 atom stereocenters. The average Bonchev–Trinajstić information content (AvgIpc) is 3.07. The van der Waals surface area contributed by atoms with E-state index in [0.717, 1.165) is 8.95 Å². The van der Waals surface area contributed by atoms with Crippen LogP contribution in [0.4, 0.5) is 0 Å². The Kier molecular flexibility index (Phi) is 6.35. The van der Waals surface area contributed by atoms with Gasteiger partial charge in [-0.3, -0.25) is 4.79 Å². The van der Waals surface area contributed by atoms with Gasteiger partial charge in [0, 0.05) is 14.5 Å². The Morgan fingerprint density at radius 3 is 2.50 bits per heavy atom. The smallest absolute Gasteiger partial charge is 0.185 e. The van der Waals surface area contributed by atoms with Gasteiger partial charge in [0.15, 0.2) is 5.78 Å². The molecule has 132 valence electrons. The molecule has 1 heterocycles. The third-order valence-electron chi connectivity index (χ3n) is 3.47. The fourth-order valence-electron chi connectivity index (χ4n) is 2.17. The molecule has 0 saturated carbocycles. The molecule has 3 aromatic rings. The minimum Gasteiger partial charge on any atom is -0.484 e. The number of rotatable bonds is 6. The summed E-state index contributed by atoms with van der Waals surface area (Å²) in [5, 5.41) is 0.520. The average molecular weight is 497 g/mol. The molecule has 26 heavy (non-hydrogen) atoms. The van der Waals surface area contributed by atoms with Gasteiger partial charge in [-0.15, -0.1) is 0 Å². The second-order valence-electron chi connectivity index (χ2n) is 5.37. The van der Waals surface area contributed by atoms with Crippen molar-refractivity contribution in [2.24, 2.45) is 0 Å². The van der Waals surface area contributed by atoms with Crippen LogP contribution >= 0.6 is 43.5 Å². The van der Waals surface area contributed by atoms with Crippen molar-refractivity contribution >= 4 is 55.3 Å². The molecular formula is C20H13Br2ClO3. The molecule has 2 aromatic carbocycles. The molecule has 0 saturated heterocycles. The summed E-state index contributed by atoms with van der Waals surface area (Å²) < 4.78 is 13.1. The highest BCUT2D eigenvalue weighted by Gasteiger charge is 2.06. The van der Waals surface area contributed by atoms with Crippen LogP contribution in [0.2, 0.25) is 5.02 Å². The van der Waals surface area contributed by atoms with Crippen LogP contribution in [-0.2, 0) is 6.61 Å². The van der Waals surface area contributed by atoms with Crippen molar-refractivity contribution in [3.8, 4) is 5.75 Å². The van der Waals surface area contributed by atoms with Gasteiger partial charge in [-0.1, -0.05) is 43.5 Å². The molecule has 1 aromatic heterocycles. The van der Waals surface area contributed by atoms with Gasteiger partial charge in [-0.2, -0.15) is 0 Å². The van der Waals surface area contributed by atoms with E-state index in [-0.39, 0.29) is 12.4 Å². The van der Waals surface area contributed by atoms with Gasteiger partial charge in [-0.25, -0.2) is 0 Å². The highest BCUT2D eigenvalue weighted by molar-refractivity contribution is 9.10. The van der Waals surface area contributed by atoms with Crippen LogP contribution in [0.3, 0.4) is 0 Å². The third-order valence-corrected chi connectivity index (χ3v) is 4.79. The van der Waals surface area contributed by atoms with Crippen molar-refractivity contribution in [1.29, 1.82) is 0 Å². The van der Waals surface area contributed by atoms with Crippen molar-refractivity contribution < 1.29 is 13.9 Å². The molecule has 3 rings (SSSR count). The topological polar surface area (TPSA) is 39.4 Å². The summed E-state index contributed by atoms with van der Waals surface area (Å²) in [6.45, 7) is 0.246. The van der Waals surface area contributed by atoms with Gasteiger partial charge in [0.2, 0.25) is 0 Å². The first-order chi connectivity index (χ1) is 12.5. The predicted octanol–water partition coefficient (Wildman–Crippen LogP) is 6.93. The van der Waals surface area contributed by atoms with Crippen LogP contribution in [0, 0.1) is 0 Å². The van der Waals surface area contributed by atoms with E-state index in [4.69, 9.17) is 20.8 Å². The van der Waals surface area contributed by atoms with Gasteiger partial charge in [0.25, 0.3) is 0 Å². The van der Waals surface area contributed by atoms with E-state index >= 15 is 0 Å². The van der Waals surface area contributed by atoms with Crippen LogP contribution < -0.4 is 4.74 Å². The molecule has 0 unspecified atom stereocenters.